The number of isocyanates is 1. The topological polar surface area (TPSA) is 100 Å². The van der Waals surface area contributed by atoms with E-state index in [1.807, 2.05) is 20.8 Å². The van der Waals surface area contributed by atoms with Gasteiger partial charge in [-0.25, -0.2) is 14.4 Å². The number of rotatable bonds is 3. The highest BCUT2D eigenvalue weighted by atomic mass is 16.6. The second-order valence-corrected chi connectivity index (χ2v) is 5.80. The minimum Gasteiger partial charge on any atom is -0.444 e. The van der Waals surface area contributed by atoms with Crippen molar-refractivity contribution >= 4 is 18.2 Å². The molecular formula is C13H22N4O4. The van der Waals surface area contributed by atoms with Crippen LogP contribution in [0.3, 0.4) is 0 Å². The number of aliphatic imine (C=N–C) groups is 1. The Bertz CT molecular complexity index is 418. The zero-order valence-corrected chi connectivity index (χ0v) is 12.6. The van der Waals surface area contributed by atoms with Gasteiger partial charge in [0, 0.05) is 19.1 Å². The molecular weight excluding hydrogens is 276 g/mol. The van der Waals surface area contributed by atoms with E-state index in [0.717, 1.165) is 0 Å². The number of hydrogen-bond donors (Lipinski definition) is 2. The first kappa shape index (κ1) is 17.0. The Kier molecular flexibility index (Phi) is 6.17. The number of hydrogen-bond acceptors (Lipinski definition) is 5. The Morgan fingerprint density at radius 2 is 1.95 bits per heavy atom. The van der Waals surface area contributed by atoms with Crippen LogP contribution in [0.15, 0.2) is 4.99 Å². The van der Waals surface area contributed by atoms with Crippen LogP contribution in [0.25, 0.3) is 0 Å². The van der Waals surface area contributed by atoms with Crippen molar-refractivity contribution in [3.05, 3.63) is 0 Å². The van der Waals surface area contributed by atoms with Crippen molar-refractivity contribution in [1.82, 2.24) is 15.5 Å². The molecule has 1 aliphatic rings. The predicted octanol–water partition coefficient (Wildman–Crippen LogP) is 0.978. The van der Waals surface area contributed by atoms with Gasteiger partial charge in [-0.05, 0) is 33.6 Å². The Hall–Kier alpha value is -2.08. The highest BCUT2D eigenvalue weighted by molar-refractivity contribution is 5.74. The van der Waals surface area contributed by atoms with Gasteiger partial charge in [-0.3, -0.25) is 0 Å². The standard InChI is InChI=1S/C13H22N4O4/c1-13(2,3)21-12(20)17-6-4-10(5-7-17)16-11(19)15-8-14-9-18/h10H,4-8H2,1-3H3,(H2,15,16,19). The van der Waals surface area contributed by atoms with Gasteiger partial charge < -0.3 is 20.3 Å². The summed E-state index contributed by atoms with van der Waals surface area (Å²) in [5.41, 5.74) is -0.509. The molecule has 0 saturated carbocycles. The summed E-state index contributed by atoms with van der Waals surface area (Å²) in [6.07, 6.45) is 2.32. The van der Waals surface area contributed by atoms with E-state index in [4.69, 9.17) is 4.74 Å². The maximum atomic E-state index is 11.9. The molecule has 8 nitrogen and oxygen atoms in total. The van der Waals surface area contributed by atoms with Gasteiger partial charge in [0.2, 0.25) is 6.08 Å². The first-order chi connectivity index (χ1) is 9.81. The molecule has 0 atom stereocenters. The summed E-state index contributed by atoms with van der Waals surface area (Å²) in [6.45, 7) is 6.45. The summed E-state index contributed by atoms with van der Waals surface area (Å²) < 4.78 is 5.30. The number of carbonyl (C=O) groups excluding carboxylic acids is 3. The largest absolute Gasteiger partial charge is 0.444 e. The molecule has 8 heteroatoms. The van der Waals surface area contributed by atoms with Gasteiger partial charge in [0.15, 0.2) is 0 Å². The molecule has 0 aromatic rings. The highest BCUT2D eigenvalue weighted by Crippen LogP contribution is 2.15. The van der Waals surface area contributed by atoms with Crippen molar-refractivity contribution in [2.24, 2.45) is 4.99 Å². The zero-order valence-electron chi connectivity index (χ0n) is 12.6. The van der Waals surface area contributed by atoms with Gasteiger partial charge in [-0.1, -0.05) is 0 Å². The van der Waals surface area contributed by atoms with E-state index >= 15 is 0 Å². The normalized spacial score (nSPS) is 15.9. The number of urea groups is 1. The molecule has 1 heterocycles. The van der Waals surface area contributed by atoms with E-state index in [1.54, 1.807) is 4.90 Å². The summed E-state index contributed by atoms with van der Waals surface area (Å²) >= 11 is 0. The van der Waals surface area contributed by atoms with Crippen molar-refractivity contribution < 1.29 is 19.1 Å². The van der Waals surface area contributed by atoms with Gasteiger partial charge >= 0.3 is 12.1 Å². The summed E-state index contributed by atoms with van der Waals surface area (Å²) in [5.74, 6) is 0. The molecule has 0 bridgehead atoms. The van der Waals surface area contributed by atoms with E-state index in [2.05, 4.69) is 15.6 Å². The van der Waals surface area contributed by atoms with Crippen LogP contribution in [0.5, 0.6) is 0 Å². The Labute approximate surface area is 123 Å². The van der Waals surface area contributed by atoms with E-state index in [-0.39, 0.29) is 24.8 Å². The molecule has 1 fully saturated rings. The smallest absolute Gasteiger partial charge is 0.410 e. The minimum atomic E-state index is -0.509. The van der Waals surface area contributed by atoms with Crippen molar-refractivity contribution in [1.29, 1.82) is 0 Å². The molecule has 0 unspecified atom stereocenters. The average molecular weight is 298 g/mol. The van der Waals surface area contributed by atoms with Crippen molar-refractivity contribution in [2.75, 3.05) is 19.8 Å². The highest BCUT2D eigenvalue weighted by Gasteiger charge is 2.27. The third-order valence-electron chi connectivity index (χ3n) is 2.87. The molecule has 1 saturated heterocycles. The fraction of sp³-hybridized carbons (Fsp3) is 0.769. The Morgan fingerprint density at radius 1 is 1.33 bits per heavy atom. The van der Waals surface area contributed by atoms with Crippen LogP contribution in [0.2, 0.25) is 0 Å². The van der Waals surface area contributed by atoms with E-state index in [1.165, 1.54) is 6.08 Å². The van der Waals surface area contributed by atoms with Crippen LogP contribution in [0.1, 0.15) is 33.6 Å². The second-order valence-electron chi connectivity index (χ2n) is 5.80. The maximum Gasteiger partial charge on any atom is 0.410 e. The summed E-state index contributed by atoms with van der Waals surface area (Å²) in [4.78, 5) is 38.1. The SMILES string of the molecule is CC(C)(C)OC(=O)N1CCC(NC(=O)NCN=C=O)CC1. The van der Waals surface area contributed by atoms with E-state index < -0.39 is 5.60 Å². The molecule has 0 aliphatic carbocycles. The van der Waals surface area contributed by atoms with Crippen LogP contribution in [0.4, 0.5) is 9.59 Å². The molecule has 0 aromatic carbocycles. The Morgan fingerprint density at radius 3 is 2.48 bits per heavy atom. The van der Waals surface area contributed by atoms with Crippen molar-refractivity contribution in [3.63, 3.8) is 0 Å². The minimum absolute atomic E-state index is 0.0103. The molecule has 0 aromatic heterocycles. The molecule has 21 heavy (non-hydrogen) atoms. The van der Waals surface area contributed by atoms with Crippen LogP contribution in [-0.2, 0) is 9.53 Å². The monoisotopic (exact) mass is 298 g/mol. The maximum absolute atomic E-state index is 11.9. The van der Waals surface area contributed by atoms with Crippen molar-refractivity contribution in [2.45, 2.75) is 45.3 Å². The molecule has 118 valence electrons. The van der Waals surface area contributed by atoms with Gasteiger partial charge in [-0.15, -0.1) is 0 Å². The lowest BCUT2D eigenvalue weighted by Gasteiger charge is -2.33. The number of carbonyl (C=O) groups is 2. The van der Waals surface area contributed by atoms with E-state index in [9.17, 15) is 14.4 Å². The van der Waals surface area contributed by atoms with Crippen LogP contribution in [-0.4, -0.2) is 54.5 Å². The fourth-order valence-electron chi connectivity index (χ4n) is 1.91. The van der Waals surface area contributed by atoms with Gasteiger partial charge in [0.05, 0.1) is 0 Å². The third-order valence-corrected chi connectivity index (χ3v) is 2.87. The molecule has 3 amide bonds. The molecule has 1 rings (SSSR count). The summed E-state index contributed by atoms with van der Waals surface area (Å²) in [6, 6.07) is -0.395. The second kappa shape index (κ2) is 7.64. The molecule has 0 spiro atoms. The average Bonchev–Trinajstić information content (AvgIpc) is 2.38. The lowest BCUT2D eigenvalue weighted by Crippen LogP contribution is -2.49. The molecule has 0 radical (unpaired) electrons. The van der Waals surface area contributed by atoms with Crippen molar-refractivity contribution in [3.8, 4) is 0 Å². The summed E-state index contributed by atoms with van der Waals surface area (Å²) in [5, 5.41) is 5.18. The van der Waals surface area contributed by atoms with Gasteiger partial charge in [0.1, 0.15) is 12.3 Å². The lowest BCUT2D eigenvalue weighted by molar-refractivity contribution is 0.0201. The number of ether oxygens (including phenoxy) is 1. The third kappa shape index (κ3) is 6.76. The van der Waals surface area contributed by atoms with E-state index in [0.29, 0.717) is 25.9 Å². The number of piperidine rings is 1. The number of likely N-dealkylation sites (tertiary alicyclic amines) is 1. The fourth-order valence-corrected chi connectivity index (χ4v) is 1.91. The zero-order chi connectivity index (χ0) is 15.9. The number of nitrogens with zero attached hydrogens (tertiary/aromatic N) is 2. The van der Waals surface area contributed by atoms with Crippen LogP contribution < -0.4 is 10.6 Å². The van der Waals surface area contributed by atoms with Gasteiger partial charge in [0.25, 0.3) is 0 Å². The summed E-state index contributed by atoms with van der Waals surface area (Å²) in [7, 11) is 0. The van der Waals surface area contributed by atoms with Crippen LogP contribution >= 0.6 is 0 Å². The first-order valence-electron chi connectivity index (χ1n) is 6.88. The quantitative estimate of drug-likeness (QED) is 0.599. The molecule has 2 N–H and O–H groups in total. The van der Waals surface area contributed by atoms with Gasteiger partial charge in [-0.2, -0.15) is 4.99 Å². The number of amides is 3. The first-order valence-corrected chi connectivity index (χ1v) is 6.88. The lowest BCUT2D eigenvalue weighted by atomic mass is 10.1. The number of nitrogens with one attached hydrogen (secondary N) is 2. The predicted molar refractivity (Wildman–Crippen MR) is 75.5 cm³/mol. The molecule has 1 aliphatic heterocycles. The van der Waals surface area contributed by atoms with Crippen LogP contribution in [0, 0.1) is 0 Å². The Balaban J connectivity index is 2.30.